The number of nitrogens with zero attached hydrogens (tertiary/aromatic N) is 3. The molecule has 0 radical (unpaired) electrons. The highest BCUT2D eigenvalue weighted by atomic mass is 16.5. The van der Waals surface area contributed by atoms with E-state index in [4.69, 9.17) is 9.47 Å². The molecule has 0 saturated carbocycles. The molecule has 0 aliphatic carbocycles. The van der Waals surface area contributed by atoms with E-state index in [0.717, 1.165) is 29.4 Å². The molecule has 2 aliphatic heterocycles. The minimum absolute atomic E-state index is 0.146. The number of aromatic nitrogens is 2. The summed E-state index contributed by atoms with van der Waals surface area (Å²) in [6.45, 7) is 2.16. The van der Waals surface area contributed by atoms with Crippen LogP contribution in [-0.4, -0.2) is 53.7 Å². The highest BCUT2D eigenvalue weighted by Crippen LogP contribution is 2.37. The Morgan fingerprint density at radius 3 is 2.93 bits per heavy atom. The number of benzene rings is 1. The smallest absolute Gasteiger partial charge is 0.266 e. The van der Waals surface area contributed by atoms with Crippen molar-refractivity contribution in [3.05, 3.63) is 60.1 Å². The normalized spacial score (nSPS) is 18.9. The van der Waals surface area contributed by atoms with Crippen LogP contribution in [0.2, 0.25) is 0 Å². The van der Waals surface area contributed by atoms with Crippen molar-refractivity contribution >= 4 is 22.4 Å². The Morgan fingerprint density at radius 1 is 1.20 bits per heavy atom. The Kier molecular flexibility index (Phi) is 4.79. The fourth-order valence-electron chi connectivity index (χ4n) is 4.83. The number of ether oxygens (including phenoxy) is 2. The van der Waals surface area contributed by atoms with Crippen LogP contribution in [0.25, 0.3) is 16.5 Å². The molecule has 0 bridgehead atoms. The van der Waals surface area contributed by atoms with E-state index in [1.54, 1.807) is 43.2 Å². The van der Waals surface area contributed by atoms with E-state index in [9.17, 15) is 4.79 Å². The van der Waals surface area contributed by atoms with Gasteiger partial charge in [0.25, 0.3) is 5.91 Å². The Hall–Kier alpha value is -3.12. The summed E-state index contributed by atoms with van der Waals surface area (Å²) < 4.78 is 12.6. The van der Waals surface area contributed by atoms with Crippen molar-refractivity contribution in [3.63, 3.8) is 0 Å². The SMILES string of the molecule is COc1cccc(C(=O)n2cc(C3=CCN4CCCC4C3)c3cnccc32)c1OC. The molecule has 30 heavy (non-hydrogen) atoms. The molecule has 0 amide bonds. The second-order valence-corrected chi connectivity index (χ2v) is 7.88. The van der Waals surface area contributed by atoms with Gasteiger partial charge in [-0.1, -0.05) is 12.1 Å². The monoisotopic (exact) mass is 403 g/mol. The molecular weight excluding hydrogens is 378 g/mol. The van der Waals surface area contributed by atoms with Gasteiger partial charge in [0.2, 0.25) is 0 Å². The first-order valence-corrected chi connectivity index (χ1v) is 10.4. The maximum atomic E-state index is 13.6. The van der Waals surface area contributed by atoms with Crippen LogP contribution in [0.1, 0.15) is 35.2 Å². The summed E-state index contributed by atoms with van der Waals surface area (Å²) in [5.41, 5.74) is 3.72. The third-order valence-electron chi connectivity index (χ3n) is 6.33. The summed E-state index contributed by atoms with van der Waals surface area (Å²) in [6, 6.07) is 7.87. The lowest BCUT2D eigenvalue weighted by atomic mass is 9.94. The zero-order valence-corrected chi connectivity index (χ0v) is 17.3. The Morgan fingerprint density at radius 2 is 2.10 bits per heavy atom. The van der Waals surface area contributed by atoms with Crippen LogP contribution in [0.3, 0.4) is 0 Å². The third kappa shape index (κ3) is 2.99. The first-order valence-electron chi connectivity index (χ1n) is 10.4. The summed E-state index contributed by atoms with van der Waals surface area (Å²) in [4.78, 5) is 20.4. The predicted molar refractivity (Wildman–Crippen MR) is 116 cm³/mol. The van der Waals surface area contributed by atoms with E-state index >= 15 is 0 Å². The molecule has 1 saturated heterocycles. The molecule has 0 N–H and O–H groups in total. The number of pyridine rings is 1. The van der Waals surface area contributed by atoms with Gasteiger partial charge in [-0.3, -0.25) is 19.2 Å². The summed E-state index contributed by atoms with van der Waals surface area (Å²) in [7, 11) is 3.13. The Labute approximate surface area is 175 Å². The molecule has 1 unspecified atom stereocenters. The number of fused-ring (bicyclic) bond motifs is 2. The standard InChI is InChI=1S/C24H25N3O3/c1-29-22-7-3-6-18(23(22)30-2)24(28)27-15-20(19-14-25-10-8-21(19)27)16-9-12-26-11-4-5-17(26)13-16/h3,6-10,14-15,17H,4-5,11-13H2,1-2H3. The van der Waals surface area contributed by atoms with Crippen molar-refractivity contribution in [1.29, 1.82) is 0 Å². The summed E-state index contributed by atoms with van der Waals surface area (Å²) in [5.74, 6) is 0.839. The van der Waals surface area contributed by atoms with Crippen LogP contribution in [0, 0.1) is 0 Å². The molecule has 6 nitrogen and oxygen atoms in total. The van der Waals surface area contributed by atoms with Crippen molar-refractivity contribution in [3.8, 4) is 11.5 Å². The van der Waals surface area contributed by atoms with E-state index in [1.165, 1.54) is 25.0 Å². The van der Waals surface area contributed by atoms with E-state index in [0.29, 0.717) is 23.1 Å². The highest BCUT2D eigenvalue weighted by molar-refractivity contribution is 6.06. The van der Waals surface area contributed by atoms with E-state index in [-0.39, 0.29) is 5.91 Å². The molecule has 3 aromatic rings. The number of hydrogen-bond acceptors (Lipinski definition) is 5. The van der Waals surface area contributed by atoms with Crippen molar-refractivity contribution in [2.24, 2.45) is 0 Å². The molecule has 0 spiro atoms. The first-order chi connectivity index (χ1) is 14.7. The Balaban J connectivity index is 1.61. The number of carbonyl (C=O) groups is 1. The topological polar surface area (TPSA) is 56.6 Å². The van der Waals surface area contributed by atoms with E-state index in [2.05, 4.69) is 16.0 Å². The van der Waals surface area contributed by atoms with Crippen LogP contribution < -0.4 is 9.47 Å². The number of para-hydroxylation sites is 1. The lowest BCUT2D eigenvalue weighted by molar-refractivity contribution is 0.0961. The van der Waals surface area contributed by atoms with E-state index in [1.807, 2.05) is 18.5 Å². The van der Waals surface area contributed by atoms with E-state index < -0.39 is 0 Å². The molecule has 4 heterocycles. The molecule has 2 aliphatic rings. The van der Waals surface area contributed by atoms with Gasteiger partial charge < -0.3 is 9.47 Å². The number of methoxy groups -OCH3 is 2. The average molecular weight is 403 g/mol. The molecular formula is C24H25N3O3. The van der Waals surface area contributed by atoms with Crippen LogP contribution in [0.15, 0.2) is 48.9 Å². The number of rotatable bonds is 4. The molecule has 154 valence electrons. The minimum Gasteiger partial charge on any atom is -0.493 e. The van der Waals surface area contributed by atoms with Gasteiger partial charge >= 0.3 is 0 Å². The Bertz CT molecular complexity index is 1150. The van der Waals surface area contributed by atoms with Gasteiger partial charge in [0, 0.05) is 42.1 Å². The molecule has 1 fully saturated rings. The van der Waals surface area contributed by atoms with Crippen molar-refractivity contribution < 1.29 is 14.3 Å². The largest absolute Gasteiger partial charge is 0.493 e. The first kappa shape index (κ1) is 18.9. The summed E-state index contributed by atoms with van der Waals surface area (Å²) in [5, 5.41) is 1.01. The van der Waals surface area contributed by atoms with Crippen molar-refractivity contribution in [2.45, 2.75) is 25.3 Å². The van der Waals surface area contributed by atoms with Gasteiger partial charge in [-0.05, 0) is 49.6 Å². The third-order valence-corrected chi connectivity index (χ3v) is 6.33. The summed E-state index contributed by atoms with van der Waals surface area (Å²) >= 11 is 0. The van der Waals surface area contributed by atoms with Gasteiger partial charge in [-0.25, -0.2) is 0 Å². The minimum atomic E-state index is -0.146. The second kappa shape index (κ2) is 7.61. The van der Waals surface area contributed by atoms with Crippen LogP contribution >= 0.6 is 0 Å². The quantitative estimate of drug-likeness (QED) is 0.659. The van der Waals surface area contributed by atoms with Gasteiger partial charge in [-0.2, -0.15) is 0 Å². The van der Waals surface area contributed by atoms with Crippen LogP contribution in [-0.2, 0) is 0 Å². The van der Waals surface area contributed by atoms with Crippen molar-refractivity contribution in [1.82, 2.24) is 14.5 Å². The average Bonchev–Trinajstić information content (AvgIpc) is 3.42. The van der Waals surface area contributed by atoms with Gasteiger partial charge in [0.15, 0.2) is 11.5 Å². The summed E-state index contributed by atoms with van der Waals surface area (Å²) in [6.07, 6.45) is 11.4. The van der Waals surface area contributed by atoms with Gasteiger partial charge in [0.1, 0.15) is 0 Å². The molecule has 1 aromatic carbocycles. The zero-order chi connectivity index (χ0) is 20.7. The molecule has 2 aromatic heterocycles. The lowest BCUT2D eigenvalue weighted by Gasteiger charge is -2.29. The van der Waals surface area contributed by atoms with Gasteiger partial charge in [0.05, 0.1) is 25.3 Å². The molecule has 6 heteroatoms. The molecule has 5 rings (SSSR count). The van der Waals surface area contributed by atoms with Gasteiger partial charge in [-0.15, -0.1) is 0 Å². The van der Waals surface area contributed by atoms with Crippen LogP contribution in [0.5, 0.6) is 11.5 Å². The maximum absolute atomic E-state index is 13.6. The number of hydrogen-bond donors (Lipinski definition) is 0. The maximum Gasteiger partial charge on any atom is 0.266 e. The van der Waals surface area contributed by atoms with Crippen LogP contribution in [0.4, 0.5) is 0 Å². The fraction of sp³-hybridized carbons (Fsp3) is 0.333. The fourth-order valence-corrected chi connectivity index (χ4v) is 4.83. The molecule has 1 atom stereocenters. The highest BCUT2D eigenvalue weighted by Gasteiger charge is 2.29. The lowest BCUT2D eigenvalue weighted by Crippen LogP contribution is -2.32. The predicted octanol–water partition coefficient (Wildman–Crippen LogP) is 3.99. The zero-order valence-electron chi connectivity index (χ0n) is 17.3. The number of carbonyl (C=O) groups excluding carboxylic acids is 1. The second-order valence-electron chi connectivity index (χ2n) is 7.88. The van der Waals surface area contributed by atoms with Crippen molar-refractivity contribution in [2.75, 3.05) is 27.3 Å².